The van der Waals surface area contributed by atoms with E-state index in [2.05, 4.69) is 12.2 Å². The van der Waals surface area contributed by atoms with Crippen molar-refractivity contribution in [3.05, 3.63) is 28.8 Å². The van der Waals surface area contributed by atoms with E-state index in [0.717, 1.165) is 39.0 Å². The topological polar surface area (TPSA) is 41.6 Å². The van der Waals surface area contributed by atoms with Crippen LogP contribution in [0.2, 0.25) is 5.02 Å². The molecule has 0 unspecified atom stereocenters. The molecule has 6 heteroatoms. The Balaban J connectivity index is 0.00000288. The fourth-order valence-corrected chi connectivity index (χ4v) is 3.06. The van der Waals surface area contributed by atoms with E-state index >= 15 is 0 Å². The molecule has 1 aliphatic heterocycles. The molecule has 0 spiro atoms. The second kappa shape index (κ2) is 10.1. The number of nitrogens with one attached hydrogen (secondary N) is 1. The summed E-state index contributed by atoms with van der Waals surface area (Å²) in [5.41, 5.74) is 0.566. The number of ether oxygens (including phenoxy) is 1. The summed E-state index contributed by atoms with van der Waals surface area (Å²) >= 11 is 6.08. The first-order chi connectivity index (χ1) is 11.0. The molecule has 1 heterocycles. The first-order valence-electron chi connectivity index (χ1n) is 8.47. The third kappa shape index (κ3) is 5.83. The van der Waals surface area contributed by atoms with Crippen molar-refractivity contribution in [1.82, 2.24) is 10.2 Å². The first kappa shape index (κ1) is 21.1. The van der Waals surface area contributed by atoms with Gasteiger partial charge in [0.15, 0.2) is 0 Å². The summed E-state index contributed by atoms with van der Waals surface area (Å²) in [5.74, 6) is 1.29. The van der Waals surface area contributed by atoms with Crippen molar-refractivity contribution in [2.45, 2.75) is 39.7 Å². The quantitative estimate of drug-likeness (QED) is 0.817. The minimum absolute atomic E-state index is 0. The van der Waals surface area contributed by atoms with E-state index in [4.69, 9.17) is 16.3 Å². The third-order valence-corrected chi connectivity index (χ3v) is 4.35. The molecule has 1 fully saturated rings. The number of piperidine rings is 1. The molecule has 1 aromatic carbocycles. The molecule has 0 aliphatic carbocycles. The van der Waals surface area contributed by atoms with Crippen LogP contribution in [0, 0.1) is 5.92 Å². The van der Waals surface area contributed by atoms with E-state index in [-0.39, 0.29) is 24.4 Å². The van der Waals surface area contributed by atoms with Gasteiger partial charge in [-0.3, -0.25) is 4.79 Å². The van der Waals surface area contributed by atoms with Gasteiger partial charge in [0.2, 0.25) is 0 Å². The molecule has 0 atom stereocenters. The van der Waals surface area contributed by atoms with Crippen molar-refractivity contribution in [1.29, 1.82) is 0 Å². The van der Waals surface area contributed by atoms with E-state index in [9.17, 15) is 4.79 Å². The third-order valence-electron chi connectivity index (χ3n) is 4.12. The second-order valence-electron chi connectivity index (χ2n) is 6.35. The number of hydrogen-bond donors (Lipinski definition) is 1. The standard InChI is InChI=1S/C18H27ClN2O2.ClH/c1-4-20-12-14-7-9-21(10-8-14)18(22)16-11-15(19)5-6-17(16)23-13(2)3;/h5-6,11,13-14,20H,4,7-10,12H2,1-3H3;1H. The van der Waals surface area contributed by atoms with E-state index in [1.807, 2.05) is 18.7 Å². The van der Waals surface area contributed by atoms with Gasteiger partial charge in [-0.25, -0.2) is 0 Å². The lowest BCUT2D eigenvalue weighted by atomic mass is 9.96. The van der Waals surface area contributed by atoms with Gasteiger partial charge in [0.05, 0.1) is 11.7 Å². The lowest BCUT2D eigenvalue weighted by Crippen LogP contribution is -2.41. The SMILES string of the molecule is CCNCC1CCN(C(=O)c2cc(Cl)ccc2OC(C)C)CC1.Cl. The maximum Gasteiger partial charge on any atom is 0.257 e. The van der Waals surface area contributed by atoms with Crippen LogP contribution in [0.25, 0.3) is 0 Å². The molecule has 0 radical (unpaired) electrons. The van der Waals surface area contributed by atoms with Gasteiger partial charge >= 0.3 is 0 Å². The summed E-state index contributed by atoms with van der Waals surface area (Å²) in [6.07, 6.45) is 2.10. The summed E-state index contributed by atoms with van der Waals surface area (Å²) in [4.78, 5) is 14.8. The van der Waals surface area contributed by atoms with Crippen molar-refractivity contribution in [3.8, 4) is 5.75 Å². The number of hydrogen-bond acceptors (Lipinski definition) is 3. The molecule has 0 bridgehead atoms. The molecule has 1 N–H and O–H groups in total. The van der Waals surface area contributed by atoms with Gasteiger partial charge in [0.25, 0.3) is 5.91 Å². The Morgan fingerprint density at radius 1 is 1.38 bits per heavy atom. The number of amides is 1. The first-order valence-corrected chi connectivity index (χ1v) is 8.85. The zero-order valence-electron chi connectivity index (χ0n) is 14.7. The highest BCUT2D eigenvalue weighted by atomic mass is 35.5. The average Bonchev–Trinajstić information content (AvgIpc) is 2.54. The number of halogens is 2. The molecule has 2 rings (SSSR count). The normalized spacial score (nSPS) is 15.3. The maximum atomic E-state index is 12.8. The van der Waals surface area contributed by atoms with Crippen LogP contribution < -0.4 is 10.1 Å². The summed E-state index contributed by atoms with van der Waals surface area (Å²) < 4.78 is 5.77. The second-order valence-corrected chi connectivity index (χ2v) is 6.79. The monoisotopic (exact) mass is 374 g/mol. The summed E-state index contributed by atoms with van der Waals surface area (Å²) in [7, 11) is 0. The van der Waals surface area contributed by atoms with Crippen molar-refractivity contribution in [2.24, 2.45) is 5.92 Å². The van der Waals surface area contributed by atoms with Crippen LogP contribution in [0.3, 0.4) is 0 Å². The van der Waals surface area contributed by atoms with Gasteiger partial charge in [-0.1, -0.05) is 18.5 Å². The number of nitrogens with zero attached hydrogens (tertiary/aromatic N) is 1. The predicted molar refractivity (Wildman–Crippen MR) is 102 cm³/mol. The van der Waals surface area contributed by atoms with Gasteiger partial charge in [-0.05, 0) is 63.9 Å². The number of rotatable bonds is 6. The van der Waals surface area contributed by atoms with Crippen molar-refractivity contribution < 1.29 is 9.53 Å². The molecular weight excluding hydrogens is 347 g/mol. The molecule has 0 aromatic heterocycles. The average molecular weight is 375 g/mol. The predicted octanol–water partition coefficient (Wildman–Crippen LogP) is 4.01. The zero-order valence-corrected chi connectivity index (χ0v) is 16.3. The lowest BCUT2D eigenvalue weighted by molar-refractivity contribution is 0.0684. The maximum absolute atomic E-state index is 12.8. The number of carbonyl (C=O) groups excluding carboxylic acids is 1. The Morgan fingerprint density at radius 2 is 2.04 bits per heavy atom. The Morgan fingerprint density at radius 3 is 2.62 bits per heavy atom. The highest BCUT2D eigenvalue weighted by Gasteiger charge is 2.25. The Kier molecular flexibility index (Phi) is 8.88. The molecule has 4 nitrogen and oxygen atoms in total. The van der Waals surface area contributed by atoms with Gasteiger partial charge < -0.3 is 15.0 Å². The number of benzene rings is 1. The van der Waals surface area contributed by atoms with E-state index in [0.29, 0.717) is 22.3 Å². The smallest absolute Gasteiger partial charge is 0.257 e. The van der Waals surface area contributed by atoms with Crippen molar-refractivity contribution >= 4 is 29.9 Å². The van der Waals surface area contributed by atoms with Crippen molar-refractivity contribution in [2.75, 3.05) is 26.2 Å². The van der Waals surface area contributed by atoms with Gasteiger partial charge in [0, 0.05) is 18.1 Å². The minimum atomic E-state index is 0. The lowest BCUT2D eigenvalue weighted by Gasteiger charge is -2.32. The van der Waals surface area contributed by atoms with Gasteiger partial charge in [-0.2, -0.15) is 0 Å². The van der Waals surface area contributed by atoms with Gasteiger partial charge in [-0.15, -0.1) is 12.4 Å². The highest BCUT2D eigenvalue weighted by molar-refractivity contribution is 6.31. The van der Waals surface area contributed by atoms with Crippen molar-refractivity contribution in [3.63, 3.8) is 0 Å². The largest absolute Gasteiger partial charge is 0.490 e. The Labute approximate surface area is 156 Å². The molecule has 1 aliphatic rings. The number of likely N-dealkylation sites (tertiary alicyclic amines) is 1. The highest BCUT2D eigenvalue weighted by Crippen LogP contribution is 2.27. The van der Waals surface area contributed by atoms with Crippen LogP contribution in [0.1, 0.15) is 44.0 Å². The minimum Gasteiger partial charge on any atom is -0.490 e. The molecule has 1 aromatic rings. The molecule has 136 valence electrons. The van der Waals surface area contributed by atoms with Crippen LogP contribution in [0.15, 0.2) is 18.2 Å². The van der Waals surface area contributed by atoms with Crippen LogP contribution in [0.4, 0.5) is 0 Å². The molecule has 1 saturated heterocycles. The molecule has 0 saturated carbocycles. The van der Waals surface area contributed by atoms with Crippen LogP contribution in [0.5, 0.6) is 5.75 Å². The van der Waals surface area contributed by atoms with Crippen LogP contribution in [-0.2, 0) is 0 Å². The molecule has 24 heavy (non-hydrogen) atoms. The number of carbonyl (C=O) groups is 1. The van der Waals surface area contributed by atoms with Crippen LogP contribution >= 0.6 is 24.0 Å². The van der Waals surface area contributed by atoms with E-state index in [1.165, 1.54) is 0 Å². The fraction of sp³-hybridized carbons (Fsp3) is 0.611. The molecular formula is C18H28Cl2N2O2. The Hall–Kier alpha value is -0.970. The summed E-state index contributed by atoms with van der Waals surface area (Å²) in [6, 6.07) is 5.26. The summed E-state index contributed by atoms with van der Waals surface area (Å²) in [5, 5.41) is 3.95. The van der Waals surface area contributed by atoms with Crippen LogP contribution in [-0.4, -0.2) is 43.1 Å². The zero-order chi connectivity index (χ0) is 16.8. The van der Waals surface area contributed by atoms with E-state index in [1.54, 1.807) is 18.2 Å². The Bertz CT molecular complexity index is 530. The van der Waals surface area contributed by atoms with E-state index < -0.39 is 0 Å². The summed E-state index contributed by atoms with van der Waals surface area (Å²) in [6.45, 7) is 9.65. The van der Waals surface area contributed by atoms with Gasteiger partial charge in [0.1, 0.15) is 5.75 Å². The fourth-order valence-electron chi connectivity index (χ4n) is 2.89. The molecule has 1 amide bonds.